The predicted octanol–water partition coefficient (Wildman–Crippen LogP) is 19.6. The van der Waals surface area contributed by atoms with Crippen LogP contribution in [0.5, 0.6) is 0 Å². The maximum atomic E-state index is 12.5. The van der Waals surface area contributed by atoms with Crippen LogP contribution in [0, 0.1) is 0 Å². The molecular weight excluding hydrogens is 835 g/mol. The molecule has 0 fully saturated rings. The lowest BCUT2D eigenvalue weighted by Gasteiger charge is -2.26. The summed E-state index contributed by atoms with van der Waals surface area (Å²) >= 11 is 0. The second-order valence-electron chi connectivity index (χ2n) is 21.6. The standard InChI is InChI=1S/C63H123NO4/c1-3-5-7-9-11-13-15-17-19-21-23-25-27-28-29-30-31-32-33-34-36-38-40-42-44-46-48-50-52-54-56-58-62(67)64-60(59-65)63(68)61(66)57-55-53-51-49-47-45-43-41-39-37-35-26-24-22-20-18-16-14-12-10-8-6-4-2/h28-29,49,51,60-61,63,65-66,68H,3-27,30-48,50,52-59H2,1-2H3,(H,64,67)/b29-28-,51-49+. The van der Waals surface area contributed by atoms with Gasteiger partial charge in [0.2, 0.25) is 5.91 Å². The monoisotopic (exact) mass is 958 g/mol. The van der Waals surface area contributed by atoms with Crippen molar-refractivity contribution in [2.45, 2.75) is 366 Å². The molecule has 3 atom stereocenters. The van der Waals surface area contributed by atoms with Crippen LogP contribution in [0.4, 0.5) is 0 Å². The van der Waals surface area contributed by atoms with Gasteiger partial charge in [0.1, 0.15) is 6.10 Å². The summed E-state index contributed by atoms with van der Waals surface area (Å²) in [6, 6.07) is -0.825. The van der Waals surface area contributed by atoms with Gasteiger partial charge in [0.15, 0.2) is 0 Å². The Morgan fingerprint density at radius 1 is 0.353 bits per heavy atom. The van der Waals surface area contributed by atoms with Crippen LogP contribution in [0.2, 0.25) is 0 Å². The first kappa shape index (κ1) is 66.8. The zero-order chi connectivity index (χ0) is 49.3. The van der Waals surface area contributed by atoms with Gasteiger partial charge >= 0.3 is 0 Å². The van der Waals surface area contributed by atoms with Crippen LogP contribution in [-0.4, -0.2) is 46.1 Å². The summed E-state index contributed by atoms with van der Waals surface area (Å²) in [5.41, 5.74) is 0. The molecule has 0 aromatic carbocycles. The van der Waals surface area contributed by atoms with Crippen molar-refractivity contribution in [3.8, 4) is 0 Å². The molecule has 1 amide bonds. The Hall–Kier alpha value is -1.17. The van der Waals surface area contributed by atoms with Gasteiger partial charge in [-0.25, -0.2) is 0 Å². The van der Waals surface area contributed by atoms with E-state index in [2.05, 4.69) is 43.5 Å². The fourth-order valence-electron chi connectivity index (χ4n) is 9.99. The van der Waals surface area contributed by atoms with Crippen LogP contribution >= 0.6 is 0 Å². The van der Waals surface area contributed by atoms with E-state index in [9.17, 15) is 20.1 Å². The van der Waals surface area contributed by atoms with Crippen LogP contribution < -0.4 is 5.32 Å². The summed E-state index contributed by atoms with van der Waals surface area (Å²) in [6.07, 6.45) is 75.1. The van der Waals surface area contributed by atoms with Gasteiger partial charge in [-0.2, -0.15) is 0 Å². The number of hydrogen-bond donors (Lipinski definition) is 4. The number of carbonyl (C=O) groups excluding carboxylic acids is 1. The number of rotatable bonds is 58. The molecule has 0 heterocycles. The van der Waals surface area contributed by atoms with Crippen LogP contribution in [0.25, 0.3) is 0 Å². The molecule has 3 unspecified atom stereocenters. The number of hydrogen-bond acceptors (Lipinski definition) is 4. The Labute approximate surface area is 426 Å². The lowest BCUT2D eigenvalue weighted by molar-refractivity contribution is -0.124. The van der Waals surface area contributed by atoms with E-state index in [4.69, 9.17) is 0 Å². The molecule has 404 valence electrons. The molecule has 0 bridgehead atoms. The number of unbranched alkanes of at least 4 members (excludes halogenated alkanes) is 46. The quantitative estimate of drug-likeness (QED) is 0.0361. The molecule has 68 heavy (non-hydrogen) atoms. The molecule has 5 heteroatoms. The molecule has 0 rings (SSSR count). The molecule has 0 spiro atoms. The van der Waals surface area contributed by atoms with E-state index in [0.29, 0.717) is 12.8 Å². The lowest BCUT2D eigenvalue weighted by Crippen LogP contribution is -2.50. The third-order valence-corrected chi connectivity index (χ3v) is 14.8. The average Bonchev–Trinajstić information content (AvgIpc) is 3.34. The van der Waals surface area contributed by atoms with Crippen molar-refractivity contribution in [3.63, 3.8) is 0 Å². The summed E-state index contributed by atoms with van der Waals surface area (Å²) in [4.78, 5) is 12.5. The van der Waals surface area contributed by atoms with Crippen molar-refractivity contribution in [3.05, 3.63) is 24.3 Å². The molecule has 0 aromatic heterocycles. The minimum Gasteiger partial charge on any atom is -0.394 e. The Balaban J connectivity index is 3.51. The van der Waals surface area contributed by atoms with E-state index in [1.165, 1.54) is 283 Å². The molecule has 0 radical (unpaired) electrons. The topological polar surface area (TPSA) is 89.8 Å². The first-order chi connectivity index (χ1) is 33.6. The van der Waals surface area contributed by atoms with E-state index in [1.807, 2.05) is 0 Å². The van der Waals surface area contributed by atoms with Gasteiger partial charge in [-0.15, -0.1) is 0 Å². The first-order valence-electron chi connectivity index (χ1n) is 31.1. The Kier molecular flexibility index (Phi) is 57.4. The number of allylic oxidation sites excluding steroid dienone is 4. The van der Waals surface area contributed by atoms with E-state index in [0.717, 1.165) is 38.5 Å². The molecule has 0 aromatic rings. The first-order valence-corrected chi connectivity index (χ1v) is 31.1. The van der Waals surface area contributed by atoms with E-state index in [1.54, 1.807) is 0 Å². The van der Waals surface area contributed by atoms with E-state index < -0.39 is 18.2 Å². The second-order valence-corrected chi connectivity index (χ2v) is 21.6. The largest absolute Gasteiger partial charge is 0.394 e. The maximum Gasteiger partial charge on any atom is 0.220 e. The minimum atomic E-state index is -1.16. The van der Waals surface area contributed by atoms with Crippen molar-refractivity contribution < 1.29 is 20.1 Å². The Bertz CT molecular complexity index is 1010. The summed E-state index contributed by atoms with van der Waals surface area (Å²) in [6.45, 7) is 4.21. The average molecular weight is 959 g/mol. The number of aliphatic hydroxyl groups excluding tert-OH is 3. The number of nitrogens with one attached hydrogen (secondary N) is 1. The van der Waals surface area contributed by atoms with Crippen molar-refractivity contribution >= 4 is 5.91 Å². The predicted molar refractivity (Wildman–Crippen MR) is 301 cm³/mol. The second kappa shape index (κ2) is 58.4. The number of carbonyl (C=O) groups is 1. The fourth-order valence-corrected chi connectivity index (χ4v) is 9.99. The highest BCUT2D eigenvalue weighted by atomic mass is 16.3. The molecule has 0 aliphatic carbocycles. The van der Waals surface area contributed by atoms with Gasteiger partial charge in [-0.1, -0.05) is 301 Å². The highest BCUT2D eigenvalue weighted by molar-refractivity contribution is 5.76. The summed E-state index contributed by atoms with van der Waals surface area (Å²) < 4.78 is 0. The van der Waals surface area contributed by atoms with Crippen molar-refractivity contribution in [2.24, 2.45) is 0 Å². The molecule has 0 aliphatic rings. The molecule has 0 saturated heterocycles. The van der Waals surface area contributed by atoms with Gasteiger partial charge in [0.05, 0.1) is 18.8 Å². The van der Waals surface area contributed by atoms with E-state index in [-0.39, 0.29) is 12.5 Å². The van der Waals surface area contributed by atoms with Gasteiger partial charge in [-0.3, -0.25) is 4.79 Å². The number of amides is 1. The maximum absolute atomic E-state index is 12.5. The highest BCUT2D eigenvalue weighted by Crippen LogP contribution is 2.18. The highest BCUT2D eigenvalue weighted by Gasteiger charge is 2.26. The van der Waals surface area contributed by atoms with Gasteiger partial charge in [0, 0.05) is 6.42 Å². The zero-order valence-electron chi connectivity index (χ0n) is 46.3. The van der Waals surface area contributed by atoms with Crippen LogP contribution in [0.3, 0.4) is 0 Å². The smallest absolute Gasteiger partial charge is 0.220 e. The lowest BCUT2D eigenvalue weighted by atomic mass is 10.0. The van der Waals surface area contributed by atoms with Crippen molar-refractivity contribution in [1.29, 1.82) is 0 Å². The fraction of sp³-hybridized carbons (Fsp3) is 0.921. The van der Waals surface area contributed by atoms with Gasteiger partial charge < -0.3 is 20.6 Å². The van der Waals surface area contributed by atoms with Crippen LogP contribution in [0.1, 0.15) is 348 Å². The minimum absolute atomic E-state index is 0.148. The molecular formula is C63H123NO4. The Morgan fingerprint density at radius 3 is 0.853 bits per heavy atom. The molecule has 4 N–H and O–H groups in total. The molecule has 5 nitrogen and oxygen atoms in total. The molecule has 0 saturated carbocycles. The molecule has 0 aliphatic heterocycles. The summed E-state index contributed by atoms with van der Waals surface area (Å²) in [5, 5.41) is 33.8. The van der Waals surface area contributed by atoms with Crippen molar-refractivity contribution in [2.75, 3.05) is 6.61 Å². The van der Waals surface area contributed by atoms with Crippen molar-refractivity contribution in [1.82, 2.24) is 5.32 Å². The Morgan fingerprint density at radius 2 is 0.588 bits per heavy atom. The van der Waals surface area contributed by atoms with Gasteiger partial charge in [-0.05, 0) is 64.2 Å². The van der Waals surface area contributed by atoms with Gasteiger partial charge in [0.25, 0.3) is 0 Å². The number of aliphatic hydroxyl groups is 3. The normalized spacial score (nSPS) is 13.3. The van der Waals surface area contributed by atoms with Crippen LogP contribution in [-0.2, 0) is 4.79 Å². The summed E-state index contributed by atoms with van der Waals surface area (Å²) in [5.74, 6) is -0.148. The third-order valence-electron chi connectivity index (χ3n) is 14.8. The summed E-state index contributed by atoms with van der Waals surface area (Å²) in [7, 11) is 0. The van der Waals surface area contributed by atoms with Crippen LogP contribution in [0.15, 0.2) is 24.3 Å². The third kappa shape index (κ3) is 52.6. The zero-order valence-corrected chi connectivity index (χ0v) is 46.3. The van der Waals surface area contributed by atoms with E-state index >= 15 is 0 Å². The SMILES string of the molecule is CCCCCCCCCCCCCC/C=C\CCCCCCCCCCCCCCCCCC(=O)NC(CO)C(O)C(O)CCC/C=C/CCCCCCCCCCCCCCCCCCCC.